The molecule has 0 amide bonds. The minimum Gasteiger partial charge on any atom is -0.433 e. The van der Waals surface area contributed by atoms with Crippen molar-refractivity contribution in [2.75, 3.05) is 23.7 Å². The number of rotatable bonds is 3. The van der Waals surface area contributed by atoms with Gasteiger partial charge >= 0.3 is 0 Å². The predicted molar refractivity (Wildman–Crippen MR) is 81.2 cm³/mol. The Kier molecular flexibility index (Phi) is 3.94. The molecule has 3 N–H and O–H groups in total. The molecule has 116 valence electrons. The van der Waals surface area contributed by atoms with Gasteiger partial charge in [-0.05, 0) is 12.1 Å². The summed E-state index contributed by atoms with van der Waals surface area (Å²) in [5.41, 5.74) is 5.96. The molecule has 2 aromatic rings. The topological polar surface area (TPSA) is 84.5 Å². The maximum Gasteiger partial charge on any atom is 0.261 e. The van der Waals surface area contributed by atoms with Gasteiger partial charge in [0.1, 0.15) is 6.33 Å². The fourth-order valence-corrected chi connectivity index (χ4v) is 2.62. The lowest BCUT2D eigenvalue weighted by molar-refractivity contribution is 0.140. The van der Waals surface area contributed by atoms with Gasteiger partial charge in [0.25, 0.3) is 5.88 Å². The lowest BCUT2D eigenvalue weighted by Gasteiger charge is -2.36. The summed E-state index contributed by atoms with van der Waals surface area (Å²) in [7, 11) is 0. The van der Waals surface area contributed by atoms with Gasteiger partial charge in [-0.25, -0.2) is 4.98 Å². The molecule has 1 aromatic carbocycles. The third-order valence-electron chi connectivity index (χ3n) is 3.12. The Morgan fingerprint density at radius 3 is 2.50 bits per heavy atom. The molecular weight excluding hydrogens is 334 g/mol. The number of aliphatic hydroxyl groups excluding tert-OH is 1. The van der Waals surface area contributed by atoms with E-state index in [1.54, 1.807) is 4.90 Å². The fourth-order valence-electron chi connectivity index (χ4n) is 2.04. The van der Waals surface area contributed by atoms with E-state index in [2.05, 4.69) is 9.97 Å². The number of aromatic nitrogens is 2. The highest BCUT2D eigenvalue weighted by atomic mass is 35.5. The zero-order chi connectivity index (χ0) is 15.9. The molecule has 0 aliphatic carbocycles. The minimum absolute atomic E-state index is 0.0537. The highest BCUT2D eigenvalue weighted by Crippen LogP contribution is 2.39. The standard InChI is InChI=1S/C13H11Cl2FN4O2/c14-8-1-6(17)2-9(15)11(8)22-13-10(16)12(18-5-19-13)20-3-7(21)4-20/h1-2,5,7,21H,3-4,17H2. The van der Waals surface area contributed by atoms with Crippen LogP contribution >= 0.6 is 23.2 Å². The molecule has 0 atom stereocenters. The largest absolute Gasteiger partial charge is 0.433 e. The number of ether oxygens (including phenoxy) is 1. The van der Waals surface area contributed by atoms with Crippen LogP contribution in [-0.4, -0.2) is 34.3 Å². The number of benzene rings is 1. The number of β-amino-alcohol motifs (C(OH)–C–C–N with tert-alkyl or cyclic N) is 1. The summed E-state index contributed by atoms with van der Waals surface area (Å²) in [5, 5.41) is 9.57. The molecule has 1 aliphatic rings. The first-order valence-corrected chi connectivity index (χ1v) is 7.07. The molecule has 1 saturated heterocycles. The summed E-state index contributed by atoms with van der Waals surface area (Å²) < 4.78 is 19.8. The average Bonchev–Trinajstić information content (AvgIpc) is 2.41. The molecule has 0 saturated carbocycles. The van der Waals surface area contributed by atoms with E-state index in [4.69, 9.17) is 33.7 Å². The number of halogens is 3. The van der Waals surface area contributed by atoms with Gasteiger partial charge in [-0.1, -0.05) is 23.2 Å². The first-order valence-electron chi connectivity index (χ1n) is 6.31. The van der Waals surface area contributed by atoms with Gasteiger partial charge in [0.05, 0.1) is 16.1 Å². The number of nitrogen functional groups attached to an aromatic ring is 1. The Labute approximate surface area is 135 Å². The van der Waals surface area contributed by atoms with Gasteiger partial charge in [-0.15, -0.1) is 0 Å². The van der Waals surface area contributed by atoms with Crippen molar-refractivity contribution in [2.45, 2.75) is 6.10 Å². The quantitative estimate of drug-likeness (QED) is 0.832. The second-order valence-corrected chi connectivity index (χ2v) is 5.61. The number of hydrogen-bond donors (Lipinski definition) is 2. The van der Waals surface area contributed by atoms with Gasteiger partial charge in [0.15, 0.2) is 11.6 Å². The van der Waals surface area contributed by atoms with Gasteiger partial charge in [0.2, 0.25) is 5.82 Å². The van der Waals surface area contributed by atoms with Gasteiger partial charge in [-0.3, -0.25) is 0 Å². The molecule has 1 fully saturated rings. The summed E-state index contributed by atoms with van der Waals surface area (Å²) in [4.78, 5) is 9.18. The van der Waals surface area contributed by atoms with Crippen molar-refractivity contribution >= 4 is 34.7 Å². The second kappa shape index (κ2) is 5.75. The molecule has 0 spiro atoms. The van der Waals surface area contributed by atoms with Crippen LogP contribution in [0.2, 0.25) is 10.0 Å². The molecule has 1 aliphatic heterocycles. The number of hydrogen-bond acceptors (Lipinski definition) is 6. The van der Waals surface area contributed by atoms with Crippen molar-refractivity contribution in [3.63, 3.8) is 0 Å². The molecule has 22 heavy (non-hydrogen) atoms. The van der Waals surface area contributed by atoms with Crippen LogP contribution in [0.25, 0.3) is 0 Å². The van der Waals surface area contributed by atoms with E-state index in [0.29, 0.717) is 18.8 Å². The molecule has 3 rings (SSSR count). The molecule has 2 heterocycles. The van der Waals surface area contributed by atoms with Crippen molar-refractivity contribution in [3.05, 3.63) is 34.3 Å². The normalized spacial score (nSPS) is 14.8. The van der Waals surface area contributed by atoms with E-state index >= 15 is 0 Å². The smallest absolute Gasteiger partial charge is 0.261 e. The first kappa shape index (κ1) is 15.1. The third-order valence-corrected chi connectivity index (χ3v) is 3.68. The molecule has 1 aromatic heterocycles. The van der Waals surface area contributed by atoms with Crippen LogP contribution in [0.5, 0.6) is 11.6 Å². The number of nitrogens with zero attached hydrogens (tertiary/aromatic N) is 3. The molecular formula is C13H11Cl2FN4O2. The van der Waals surface area contributed by atoms with Crippen molar-refractivity contribution < 1.29 is 14.2 Å². The fraction of sp³-hybridized carbons (Fsp3) is 0.231. The Bertz CT molecular complexity index is 702. The Morgan fingerprint density at radius 2 is 1.91 bits per heavy atom. The molecule has 0 bridgehead atoms. The van der Waals surface area contributed by atoms with Crippen LogP contribution in [0, 0.1) is 5.82 Å². The lowest BCUT2D eigenvalue weighted by atomic mass is 10.2. The Balaban J connectivity index is 1.92. The van der Waals surface area contributed by atoms with Crippen LogP contribution in [0.1, 0.15) is 0 Å². The number of anilines is 2. The summed E-state index contributed by atoms with van der Waals surface area (Å²) in [5.74, 6) is -0.943. The minimum atomic E-state index is -0.752. The van der Waals surface area contributed by atoms with Crippen LogP contribution < -0.4 is 15.4 Å². The lowest BCUT2D eigenvalue weighted by Crippen LogP contribution is -2.51. The monoisotopic (exact) mass is 344 g/mol. The van der Waals surface area contributed by atoms with E-state index < -0.39 is 11.9 Å². The van der Waals surface area contributed by atoms with E-state index in [9.17, 15) is 9.50 Å². The highest BCUT2D eigenvalue weighted by molar-refractivity contribution is 6.37. The number of nitrogens with two attached hydrogens (primary N) is 1. The van der Waals surface area contributed by atoms with Gasteiger partial charge in [0, 0.05) is 18.8 Å². The van der Waals surface area contributed by atoms with Crippen LogP contribution in [0.15, 0.2) is 18.5 Å². The predicted octanol–water partition coefficient (Wildman–Crippen LogP) is 2.48. The summed E-state index contributed by atoms with van der Waals surface area (Å²) >= 11 is 12.0. The van der Waals surface area contributed by atoms with E-state index in [1.807, 2.05) is 0 Å². The van der Waals surface area contributed by atoms with Crippen molar-refractivity contribution in [2.24, 2.45) is 0 Å². The average molecular weight is 345 g/mol. The summed E-state index contributed by atoms with van der Waals surface area (Å²) in [6, 6.07) is 2.88. The van der Waals surface area contributed by atoms with Crippen LogP contribution in [0.4, 0.5) is 15.9 Å². The molecule has 9 heteroatoms. The van der Waals surface area contributed by atoms with Crippen molar-refractivity contribution in [1.82, 2.24) is 9.97 Å². The first-order chi connectivity index (χ1) is 10.5. The maximum atomic E-state index is 14.4. The highest BCUT2D eigenvalue weighted by Gasteiger charge is 2.29. The SMILES string of the molecule is Nc1cc(Cl)c(Oc2ncnc(N3CC(O)C3)c2F)c(Cl)c1. The summed E-state index contributed by atoms with van der Waals surface area (Å²) in [6.45, 7) is 0.605. The molecule has 6 nitrogen and oxygen atoms in total. The molecule has 0 radical (unpaired) electrons. The Hall–Kier alpha value is -1.83. The van der Waals surface area contributed by atoms with E-state index in [-0.39, 0.29) is 27.5 Å². The van der Waals surface area contributed by atoms with Crippen LogP contribution in [0.3, 0.4) is 0 Å². The zero-order valence-electron chi connectivity index (χ0n) is 11.1. The second-order valence-electron chi connectivity index (χ2n) is 4.79. The maximum absolute atomic E-state index is 14.4. The van der Waals surface area contributed by atoms with Crippen molar-refractivity contribution in [3.8, 4) is 11.6 Å². The summed E-state index contributed by atoms with van der Waals surface area (Å²) in [6.07, 6.45) is 0.678. The zero-order valence-corrected chi connectivity index (χ0v) is 12.6. The molecule has 0 unspecified atom stereocenters. The van der Waals surface area contributed by atoms with Crippen molar-refractivity contribution in [1.29, 1.82) is 0 Å². The van der Waals surface area contributed by atoms with Crippen LogP contribution in [-0.2, 0) is 0 Å². The van der Waals surface area contributed by atoms with Gasteiger partial charge in [-0.2, -0.15) is 9.37 Å². The van der Waals surface area contributed by atoms with Gasteiger partial charge < -0.3 is 20.5 Å². The Morgan fingerprint density at radius 1 is 1.27 bits per heavy atom. The third kappa shape index (κ3) is 2.75. The van der Waals surface area contributed by atoms with E-state index in [1.165, 1.54) is 12.1 Å². The van der Waals surface area contributed by atoms with E-state index in [0.717, 1.165) is 6.33 Å². The number of aliphatic hydroxyl groups is 1.